The van der Waals surface area contributed by atoms with Crippen molar-refractivity contribution in [3.8, 4) is 0 Å². The van der Waals surface area contributed by atoms with Crippen molar-refractivity contribution in [2.24, 2.45) is 0 Å². The van der Waals surface area contributed by atoms with Gasteiger partial charge in [0.05, 0.1) is 4.90 Å². The zero-order valence-corrected chi connectivity index (χ0v) is 65.5. The Morgan fingerprint density at radius 1 is 0.325 bits per heavy atom. The molecule has 0 amide bonds. The predicted octanol–water partition coefficient (Wildman–Crippen LogP) is 14.6. The molecule has 114 heavy (non-hydrogen) atoms. The molecule has 0 saturated heterocycles. The maximum absolute atomic E-state index is 12.7. The number of aromatic amines is 8. The van der Waals surface area contributed by atoms with Gasteiger partial charge in [-0.15, -0.1) is 0 Å². The standard InChI is InChI=1S/C24H26N2O4S.C24H26N2O2.C23H25N3O2.C21H22N4O2/c1-31(29,30)21-10-6-5-9-19(21)15-20-22(25-24(28)26-23(20)27)18-13-11-17(12-14-18)16-7-3-2-4-8-16;1-16-6-5-7-17(14-16)15-21-22(25-24(28)26-23(21)27)20-12-10-19(11-13-20)18-8-3-2-4-9-18;1-15-6-5-9-19(24-15)14-20-21(25-23(28)26-22(20)27)18-12-10-17(11-13-18)16-7-3-2-4-8-16;26-20-17(13-18-22-11-4-12-23-18)19(24-21(27)25-20)16-9-7-15(8-10-16)14-5-2-1-3-6-14/h2-10,17-18H,11-15H2,1H3,(H2,25,26,27,28);2-9,14,19-20H,10-13,15H2,1H3,(H2,25,26,27,28);2-9,17-18H,10-14H2,1H3,(H2,25,26,27,28);1-6,11-12,15-16H,7-10,13H2,(H2,24,25,26,27). The zero-order valence-electron chi connectivity index (χ0n) is 64.7. The van der Waals surface area contributed by atoms with E-state index in [1.165, 1.54) is 27.8 Å². The lowest BCUT2D eigenvalue weighted by molar-refractivity contribution is 0.388. The molecule has 0 aliphatic heterocycles. The molecule has 0 bridgehead atoms. The van der Waals surface area contributed by atoms with Crippen molar-refractivity contribution in [2.75, 3.05) is 6.26 Å². The molecule has 21 nitrogen and oxygen atoms in total. The first-order chi connectivity index (χ1) is 55.2. The largest absolute Gasteiger partial charge is 0.325 e. The van der Waals surface area contributed by atoms with E-state index < -0.39 is 38.2 Å². The van der Waals surface area contributed by atoms with E-state index in [0.29, 0.717) is 82.3 Å². The van der Waals surface area contributed by atoms with Gasteiger partial charge >= 0.3 is 22.8 Å². The van der Waals surface area contributed by atoms with Gasteiger partial charge in [0, 0.05) is 101 Å². The van der Waals surface area contributed by atoms with Crippen molar-refractivity contribution in [1.29, 1.82) is 0 Å². The number of pyridine rings is 1. The van der Waals surface area contributed by atoms with E-state index >= 15 is 0 Å². The molecule has 4 aliphatic carbocycles. The topological polar surface area (TPSA) is 336 Å². The van der Waals surface area contributed by atoms with Gasteiger partial charge in [-0.1, -0.05) is 175 Å². The van der Waals surface area contributed by atoms with Crippen LogP contribution in [0, 0.1) is 13.8 Å². The molecule has 6 aromatic carbocycles. The molecule has 4 aliphatic rings. The number of aryl methyl sites for hydroxylation is 2. The van der Waals surface area contributed by atoms with Gasteiger partial charge in [0.25, 0.3) is 22.2 Å². The number of hydrogen-bond donors (Lipinski definition) is 8. The van der Waals surface area contributed by atoms with Crippen LogP contribution in [0.25, 0.3) is 0 Å². The van der Waals surface area contributed by atoms with E-state index in [-0.39, 0.29) is 51.7 Å². The monoisotopic (exact) mass is 1550 g/mol. The second-order valence-electron chi connectivity index (χ2n) is 31.1. The van der Waals surface area contributed by atoms with E-state index in [0.717, 1.165) is 143 Å². The lowest BCUT2D eigenvalue weighted by Crippen LogP contribution is -2.30. The fourth-order valence-electron chi connectivity index (χ4n) is 17.7. The maximum Gasteiger partial charge on any atom is 0.325 e. The number of aromatic nitrogens is 11. The quantitative estimate of drug-likeness (QED) is 0.0421. The molecule has 4 saturated carbocycles. The van der Waals surface area contributed by atoms with Gasteiger partial charge < -0.3 is 19.9 Å². The Balaban J connectivity index is 0.000000133. The summed E-state index contributed by atoms with van der Waals surface area (Å²) in [4.78, 5) is 133. The highest BCUT2D eigenvalue weighted by molar-refractivity contribution is 7.90. The average molecular weight is 1550 g/mol. The summed E-state index contributed by atoms with van der Waals surface area (Å²) in [6.45, 7) is 3.98. The van der Waals surface area contributed by atoms with Crippen molar-refractivity contribution in [3.05, 3.63) is 391 Å². The molecule has 0 radical (unpaired) electrons. The highest BCUT2D eigenvalue weighted by atomic mass is 32.2. The SMILES string of the molecule is CS(=O)(=O)c1ccccc1Cc1c(C2CCC(c3ccccc3)CC2)[nH]c(=O)[nH]c1=O.Cc1cccc(Cc2c(C3CCC(c4ccccc4)CC3)[nH]c(=O)[nH]c2=O)c1.Cc1cccc(Cc2c(C3CCC(c4ccccc4)CC3)[nH]c(=O)[nH]c2=O)n1.O=c1[nH]c(C2CCC(c3ccccc3)CC2)c(Cc2ncccn2)c(=O)[nH]1. The minimum Gasteiger partial charge on any atom is -0.311 e. The Hall–Kier alpha value is -11.8. The van der Waals surface area contributed by atoms with Gasteiger partial charge in [0.15, 0.2) is 9.84 Å². The fourth-order valence-corrected chi connectivity index (χ4v) is 18.6. The highest BCUT2D eigenvalue weighted by Crippen LogP contribution is 2.45. The number of nitrogens with one attached hydrogen (secondary N) is 8. The van der Waals surface area contributed by atoms with Gasteiger partial charge in [-0.2, -0.15) is 0 Å². The lowest BCUT2D eigenvalue weighted by Gasteiger charge is -2.29. The van der Waals surface area contributed by atoms with Gasteiger partial charge in [-0.3, -0.25) is 44.1 Å². The van der Waals surface area contributed by atoms with Crippen LogP contribution >= 0.6 is 0 Å². The molecular formula is C92H99N11O10S. The molecule has 4 fully saturated rings. The van der Waals surface area contributed by atoms with Crippen LogP contribution in [-0.2, 0) is 35.5 Å². The third-order valence-corrected chi connectivity index (χ3v) is 24.6. The van der Waals surface area contributed by atoms with Crippen LogP contribution in [0.1, 0.15) is 251 Å². The Kier molecular flexibility index (Phi) is 26.5. The second-order valence-corrected chi connectivity index (χ2v) is 33.0. The molecular weight excluding hydrogens is 1450 g/mol. The van der Waals surface area contributed by atoms with Gasteiger partial charge in [-0.25, -0.2) is 37.6 Å². The van der Waals surface area contributed by atoms with E-state index in [1.807, 2.05) is 86.6 Å². The van der Waals surface area contributed by atoms with Crippen LogP contribution < -0.4 is 45.0 Å². The van der Waals surface area contributed by atoms with Crippen LogP contribution in [0.4, 0.5) is 0 Å². The van der Waals surface area contributed by atoms with Gasteiger partial charge in [0.1, 0.15) is 5.82 Å². The Morgan fingerprint density at radius 3 is 1.01 bits per heavy atom. The predicted molar refractivity (Wildman–Crippen MR) is 445 cm³/mol. The van der Waals surface area contributed by atoms with E-state index in [2.05, 4.69) is 146 Å². The molecule has 6 aromatic heterocycles. The molecule has 6 heterocycles. The number of rotatable bonds is 17. The van der Waals surface area contributed by atoms with Crippen molar-refractivity contribution >= 4 is 9.84 Å². The van der Waals surface area contributed by atoms with Gasteiger partial charge in [0.2, 0.25) is 0 Å². The van der Waals surface area contributed by atoms with Crippen molar-refractivity contribution in [3.63, 3.8) is 0 Å². The van der Waals surface area contributed by atoms with Gasteiger partial charge in [-0.05, 0) is 222 Å². The first kappa shape index (κ1) is 80.3. The summed E-state index contributed by atoms with van der Waals surface area (Å²) in [6, 6.07) is 64.6. The fraction of sp³-hybridized carbons (Fsp3) is 0.337. The smallest absolute Gasteiger partial charge is 0.311 e. The van der Waals surface area contributed by atoms with Crippen LogP contribution in [0.15, 0.2) is 250 Å². The third kappa shape index (κ3) is 20.9. The lowest BCUT2D eigenvalue weighted by atomic mass is 9.76. The normalized spacial score (nSPS) is 19.5. The number of sulfone groups is 1. The summed E-state index contributed by atoms with van der Waals surface area (Å²) < 4.78 is 24.4. The molecule has 16 rings (SSSR count). The second kappa shape index (κ2) is 37.7. The summed E-state index contributed by atoms with van der Waals surface area (Å²) in [5.74, 6) is 3.38. The number of hydrogen-bond acceptors (Lipinski definition) is 13. The molecule has 22 heteroatoms. The minimum atomic E-state index is -3.43. The average Bonchev–Trinajstić information content (AvgIpc) is 0.814. The Morgan fingerprint density at radius 2 is 0.649 bits per heavy atom. The van der Waals surface area contributed by atoms with Crippen LogP contribution in [0.5, 0.6) is 0 Å². The van der Waals surface area contributed by atoms with E-state index in [1.54, 1.807) is 42.7 Å². The Bertz CT molecular complexity index is 5680. The maximum atomic E-state index is 12.7. The molecule has 8 N–H and O–H groups in total. The summed E-state index contributed by atoms with van der Waals surface area (Å²) in [7, 11) is -3.43. The van der Waals surface area contributed by atoms with E-state index in [4.69, 9.17) is 0 Å². The summed E-state index contributed by atoms with van der Waals surface area (Å²) >= 11 is 0. The summed E-state index contributed by atoms with van der Waals surface area (Å²) in [5, 5.41) is 0. The minimum absolute atomic E-state index is 0.0651. The third-order valence-electron chi connectivity index (χ3n) is 23.4. The first-order valence-corrected chi connectivity index (χ1v) is 41.8. The van der Waals surface area contributed by atoms with Crippen molar-refractivity contribution < 1.29 is 8.42 Å². The molecule has 588 valence electrons. The summed E-state index contributed by atoms with van der Waals surface area (Å²) in [5.41, 5.74) is 12.3. The number of H-pyrrole nitrogens is 8. The van der Waals surface area contributed by atoms with Crippen LogP contribution in [-0.4, -0.2) is 69.5 Å². The van der Waals surface area contributed by atoms with Crippen molar-refractivity contribution in [1.82, 2.24) is 54.8 Å². The molecule has 12 aromatic rings. The van der Waals surface area contributed by atoms with E-state index in [9.17, 15) is 46.8 Å². The number of nitrogens with zero attached hydrogens (tertiary/aromatic N) is 3. The number of benzene rings is 6. The highest BCUT2D eigenvalue weighted by Gasteiger charge is 2.32. The van der Waals surface area contributed by atoms with Crippen molar-refractivity contribution in [2.45, 2.75) is 195 Å². The molecule has 0 unspecified atom stereocenters. The van der Waals surface area contributed by atoms with Crippen LogP contribution in [0.3, 0.4) is 0 Å². The first-order valence-electron chi connectivity index (χ1n) is 39.9. The summed E-state index contributed by atoms with van der Waals surface area (Å²) in [6.07, 6.45) is 21.8. The zero-order chi connectivity index (χ0) is 79.7. The molecule has 0 atom stereocenters. The molecule has 0 spiro atoms. The van der Waals surface area contributed by atoms with Crippen LogP contribution in [0.2, 0.25) is 0 Å². The Labute approximate surface area is 661 Å².